The number of amides is 1. The summed E-state index contributed by atoms with van der Waals surface area (Å²) < 4.78 is 6.69. The van der Waals surface area contributed by atoms with Gasteiger partial charge in [-0.1, -0.05) is 18.2 Å². The van der Waals surface area contributed by atoms with Crippen LogP contribution in [0.4, 0.5) is 0 Å². The third-order valence-corrected chi connectivity index (χ3v) is 4.43. The van der Waals surface area contributed by atoms with Crippen LogP contribution in [0.3, 0.4) is 0 Å². The zero-order chi connectivity index (χ0) is 19.4. The van der Waals surface area contributed by atoms with E-state index in [4.69, 9.17) is 4.74 Å². The molecule has 0 aliphatic rings. The van der Waals surface area contributed by atoms with Crippen LogP contribution in [-0.4, -0.2) is 29.1 Å². The minimum absolute atomic E-state index is 0.248. The van der Waals surface area contributed by atoms with Crippen molar-refractivity contribution in [3.05, 3.63) is 74.3 Å². The van der Waals surface area contributed by atoms with Crippen molar-refractivity contribution < 1.29 is 9.53 Å². The number of nitrogens with zero attached hydrogens (tertiary/aromatic N) is 1. The third kappa shape index (κ3) is 3.76. The van der Waals surface area contributed by atoms with E-state index in [1.807, 2.05) is 24.3 Å². The van der Waals surface area contributed by atoms with Crippen molar-refractivity contribution in [1.82, 2.24) is 14.9 Å². The van der Waals surface area contributed by atoms with Crippen LogP contribution in [0.15, 0.2) is 52.1 Å². The van der Waals surface area contributed by atoms with Crippen molar-refractivity contribution >= 4 is 16.9 Å². The third-order valence-electron chi connectivity index (χ3n) is 4.43. The summed E-state index contributed by atoms with van der Waals surface area (Å²) in [5.74, 6) is 0.537. The molecule has 7 heteroatoms. The Morgan fingerprint density at radius 2 is 1.96 bits per heavy atom. The second-order valence-electron chi connectivity index (χ2n) is 6.05. The van der Waals surface area contributed by atoms with Gasteiger partial charge in [0, 0.05) is 18.7 Å². The molecule has 0 unspecified atom stereocenters. The molecule has 3 aromatic rings. The monoisotopic (exact) mass is 367 g/mol. The first-order valence-electron chi connectivity index (χ1n) is 8.72. The summed E-state index contributed by atoms with van der Waals surface area (Å²) >= 11 is 0. The van der Waals surface area contributed by atoms with E-state index in [0.717, 1.165) is 11.3 Å². The summed E-state index contributed by atoms with van der Waals surface area (Å²) in [6.45, 7) is 2.62. The largest absolute Gasteiger partial charge is 0.496 e. The summed E-state index contributed by atoms with van der Waals surface area (Å²) in [6.07, 6.45) is 0.634. The predicted molar refractivity (Wildman–Crippen MR) is 104 cm³/mol. The maximum atomic E-state index is 12.4. The molecule has 1 heterocycles. The molecule has 0 aliphatic heterocycles. The molecule has 0 aliphatic carbocycles. The highest BCUT2D eigenvalue weighted by atomic mass is 16.5. The first-order chi connectivity index (χ1) is 13.0. The Labute approximate surface area is 155 Å². The summed E-state index contributed by atoms with van der Waals surface area (Å²) in [7, 11) is 1.61. The van der Waals surface area contributed by atoms with Gasteiger partial charge < -0.3 is 19.6 Å². The van der Waals surface area contributed by atoms with Crippen molar-refractivity contribution in [3.63, 3.8) is 0 Å². The molecular formula is C20H21N3O4. The number of H-pyrrole nitrogens is 1. The van der Waals surface area contributed by atoms with Gasteiger partial charge in [-0.15, -0.1) is 0 Å². The summed E-state index contributed by atoms with van der Waals surface area (Å²) in [5.41, 5.74) is 1.18. The van der Waals surface area contributed by atoms with E-state index in [-0.39, 0.29) is 5.91 Å². The second kappa shape index (κ2) is 7.90. The minimum Gasteiger partial charge on any atom is -0.496 e. The maximum absolute atomic E-state index is 12.4. The fourth-order valence-electron chi connectivity index (χ4n) is 3.06. The van der Waals surface area contributed by atoms with Gasteiger partial charge in [-0.25, -0.2) is 0 Å². The number of aromatic nitrogens is 2. The number of nitrogens with one attached hydrogen (secondary N) is 2. The molecule has 1 aromatic heterocycles. The Morgan fingerprint density at radius 3 is 2.70 bits per heavy atom. The Kier molecular flexibility index (Phi) is 5.40. The van der Waals surface area contributed by atoms with Gasteiger partial charge >= 0.3 is 11.1 Å². The fourth-order valence-corrected chi connectivity index (χ4v) is 3.06. The van der Waals surface area contributed by atoms with Crippen LogP contribution in [0.1, 0.15) is 22.8 Å². The van der Waals surface area contributed by atoms with Crippen LogP contribution in [0.25, 0.3) is 11.0 Å². The Bertz CT molecular complexity index is 1100. The highest BCUT2D eigenvalue weighted by Crippen LogP contribution is 2.17. The number of aromatic amines is 1. The number of hydrogen-bond donors (Lipinski definition) is 2. The highest BCUT2D eigenvalue weighted by molar-refractivity contribution is 5.97. The summed E-state index contributed by atoms with van der Waals surface area (Å²) in [6, 6.07) is 12.6. The van der Waals surface area contributed by atoms with Gasteiger partial charge in [-0.2, -0.15) is 0 Å². The smallest absolute Gasteiger partial charge is 0.316 e. The molecule has 3 rings (SSSR count). The van der Waals surface area contributed by atoms with E-state index in [2.05, 4.69) is 10.3 Å². The van der Waals surface area contributed by atoms with Crippen LogP contribution < -0.4 is 21.2 Å². The summed E-state index contributed by atoms with van der Waals surface area (Å²) in [5, 5.41) is 2.86. The topological polar surface area (TPSA) is 93.2 Å². The SMILES string of the molecule is CCn1c(=O)c(=O)[nH]c2cc(C(=O)NCCc3ccccc3OC)ccc21. The van der Waals surface area contributed by atoms with Crippen LogP contribution in [0.2, 0.25) is 0 Å². The Hall–Kier alpha value is -3.35. The Balaban J connectivity index is 1.77. The molecule has 0 fully saturated rings. The molecule has 0 spiro atoms. The Morgan fingerprint density at radius 1 is 1.19 bits per heavy atom. The van der Waals surface area contributed by atoms with E-state index in [0.29, 0.717) is 36.1 Å². The number of fused-ring (bicyclic) bond motifs is 1. The highest BCUT2D eigenvalue weighted by Gasteiger charge is 2.11. The van der Waals surface area contributed by atoms with Gasteiger partial charge in [-0.3, -0.25) is 14.4 Å². The number of benzene rings is 2. The quantitative estimate of drug-likeness (QED) is 0.649. The average Bonchev–Trinajstić information content (AvgIpc) is 2.69. The fraction of sp³-hybridized carbons (Fsp3) is 0.250. The van der Waals surface area contributed by atoms with Gasteiger partial charge in [0.2, 0.25) is 0 Å². The van der Waals surface area contributed by atoms with Gasteiger partial charge in [0.1, 0.15) is 5.75 Å². The van der Waals surface area contributed by atoms with Gasteiger partial charge in [0.05, 0.1) is 18.1 Å². The van der Waals surface area contributed by atoms with E-state index >= 15 is 0 Å². The van der Waals surface area contributed by atoms with Gasteiger partial charge in [0.25, 0.3) is 5.91 Å². The van der Waals surface area contributed by atoms with Crippen LogP contribution in [0.5, 0.6) is 5.75 Å². The molecule has 0 saturated carbocycles. The standard InChI is InChI=1S/C20H21N3O4/c1-3-23-16-9-8-14(12-15(16)22-19(25)20(23)26)18(24)21-11-10-13-6-4-5-7-17(13)27-2/h4-9,12H,3,10-11H2,1-2H3,(H,21,24)(H,22,25). The van der Waals surface area contributed by atoms with Crippen molar-refractivity contribution in [2.45, 2.75) is 19.9 Å². The lowest BCUT2D eigenvalue weighted by atomic mass is 10.1. The molecule has 140 valence electrons. The lowest BCUT2D eigenvalue weighted by Crippen LogP contribution is -2.36. The van der Waals surface area contributed by atoms with Crippen LogP contribution >= 0.6 is 0 Å². The minimum atomic E-state index is -0.696. The number of carbonyl (C=O) groups excluding carboxylic acids is 1. The molecule has 2 N–H and O–H groups in total. The lowest BCUT2D eigenvalue weighted by Gasteiger charge is -2.10. The molecule has 0 bridgehead atoms. The zero-order valence-electron chi connectivity index (χ0n) is 15.2. The van der Waals surface area contributed by atoms with E-state index in [1.54, 1.807) is 32.2 Å². The number of hydrogen-bond acceptors (Lipinski definition) is 4. The van der Waals surface area contributed by atoms with Crippen molar-refractivity contribution in [2.75, 3.05) is 13.7 Å². The van der Waals surface area contributed by atoms with Crippen molar-refractivity contribution in [1.29, 1.82) is 0 Å². The lowest BCUT2D eigenvalue weighted by molar-refractivity contribution is 0.0954. The molecule has 2 aromatic carbocycles. The molecule has 0 atom stereocenters. The van der Waals surface area contributed by atoms with Gasteiger partial charge in [0.15, 0.2) is 0 Å². The number of para-hydroxylation sites is 1. The molecular weight excluding hydrogens is 346 g/mol. The van der Waals surface area contributed by atoms with Crippen molar-refractivity contribution in [3.8, 4) is 5.75 Å². The predicted octanol–water partition coefficient (Wildman–Crippen LogP) is 1.69. The molecule has 7 nitrogen and oxygen atoms in total. The van der Waals surface area contributed by atoms with E-state index < -0.39 is 11.1 Å². The number of aryl methyl sites for hydroxylation is 1. The molecule has 1 amide bonds. The van der Waals surface area contributed by atoms with Gasteiger partial charge in [-0.05, 0) is 43.2 Å². The number of ether oxygens (including phenoxy) is 1. The zero-order valence-corrected chi connectivity index (χ0v) is 15.2. The van der Waals surface area contributed by atoms with Crippen LogP contribution in [0, 0.1) is 0 Å². The molecule has 0 saturated heterocycles. The first kappa shape index (κ1) is 18.4. The molecule has 27 heavy (non-hydrogen) atoms. The average molecular weight is 367 g/mol. The molecule has 0 radical (unpaired) electrons. The number of carbonyl (C=O) groups is 1. The summed E-state index contributed by atoms with van der Waals surface area (Å²) in [4.78, 5) is 38.6. The van der Waals surface area contributed by atoms with E-state index in [1.165, 1.54) is 4.57 Å². The second-order valence-corrected chi connectivity index (χ2v) is 6.05. The number of methoxy groups -OCH3 is 1. The number of rotatable bonds is 6. The van der Waals surface area contributed by atoms with E-state index in [9.17, 15) is 14.4 Å². The maximum Gasteiger partial charge on any atom is 0.316 e. The van der Waals surface area contributed by atoms with Crippen molar-refractivity contribution in [2.24, 2.45) is 0 Å². The van der Waals surface area contributed by atoms with Crippen LogP contribution in [-0.2, 0) is 13.0 Å². The first-order valence-corrected chi connectivity index (χ1v) is 8.72. The normalized spacial score (nSPS) is 10.7.